The Hall–Kier alpha value is -2.10. The molecule has 0 atom stereocenters. The molecule has 0 aliphatic carbocycles. The predicted octanol–water partition coefficient (Wildman–Crippen LogP) is 2.55. The highest BCUT2D eigenvalue weighted by molar-refractivity contribution is 5.63. The predicted molar refractivity (Wildman–Crippen MR) is 70.7 cm³/mol. The van der Waals surface area contributed by atoms with Crippen LogP contribution >= 0.6 is 0 Å². The summed E-state index contributed by atoms with van der Waals surface area (Å²) in [6.07, 6.45) is 1.05. The number of anilines is 2. The Morgan fingerprint density at radius 1 is 1.18 bits per heavy atom. The number of nitrogens with zero attached hydrogens (tertiary/aromatic N) is 2. The molecule has 0 aliphatic rings. The van der Waals surface area contributed by atoms with Crippen molar-refractivity contribution in [1.29, 1.82) is 0 Å². The van der Waals surface area contributed by atoms with Gasteiger partial charge in [-0.2, -0.15) is 4.98 Å². The minimum Gasteiger partial charge on any atom is -0.370 e. The van der Waals surface area contributed by atoms with Crippen LogP contribution in [0.15, 0.2) is 36.4 Å². The normalized spacial score (nSPS) is 10.2. The molecular formula is C13H16N4. The Kier molecular flexibility index (Phi) is 3.55. The van der Waals surface area contributed by atoms with Crippen molar-refractivity contribution in [3.05, 3.63) is 36.4 Å². The fraction of sp³-hybridized carbons (Fsp3) is 0.231. The highest BCUT2D eigenvalue weighted by atomic mass is 15.1. The minimum absolute atomic E-state index is 0.296. The molecule has 2 aromatic rings. The van der Waals surface area contributed by atoms with Crippen LogP contribution in [0.5, 0.6) is 0 Å². The van der Waals surface area contributed by atoms with E-state index < -0.39 is 0 Å². The van der Waals surface area contributed by atoms with E-state index in [1.54, 1.807) is 0 Å². The average molecular weight is 228 g/mol. The third kappa shape index (κ3) is 2.93. The number of benzene rings is 1. The van der Waals surface area contributed by atoms with Crippen LogP contribution in [0.3, 0.4) is 0 Å². The molecule has 0 fully saturated rings. The first-order chi connectivity index (χ1) is 8.29. The van der Waals surface area contributed by atoms with E-state index in [0.717, 1.165) is 30.0 Å². The molecule has 2 rings (SSSR count). The topological polar surface area (TPSA) is 63.8 Å². The Labute approximate surface area is 101 Å². The zero-order chi connectivity index (χ0) is 12.1. The molecule has 0 radical (unpaired) electrons. The lowest BCUT2D eigenvalue weighted by molar-refractivity contribution is 0.967. The molecule has 0 saturated heterocycles. The second-order valence-electron chi connectivity index (χ2n) is 3.79. The summed E-state index contributed by atoms with van der Waals surface area (Å²) in [7, 11) is 0. The van der Waals surface area contributed by atoms with Gasteiger partial charge >= 0.3 is 0 Å². The first-order valence-corrected chi connectivity index (χ1v) is 5.73. The molecule has 3 N–H and O–H groups in total. The molecule has 17 heavy (non-hydrogen) atoms. The molecule has 1 aromatic carbocycles. The van der Waals surface area contributed by atoms with Crippen LogP contribution in [0.2, 0.25) is 0 Å². The Morgan fingerprint density at radius 2 is 1.94 bits per heavy atom. The van der Waals surface area contributed by atoms with E-state index >= 15 is 0 Å². The number of nitrogen functional groups attached to an aromatic ring is 1. The Bertz CT molecular complexity index is 482. The van der Waals surface area contributed by atoms with E-state index in [1.165, 1.54) is 0 Å². The van der Waals surface area contributed by atoms with Gasteiger partial charge in [-0.1, -0.05) is 37.3 Å². The van der Waals surface area contributed by atoms with Gasteiger partial charge in [0.1, 0.15) is 5.82 Å². The molecule has 0 unspecified atom stereocenters. The summed E-state index contributed by atoms with van der Waals surface area (Å²) in [6, 6.07) is 11.9. The number of aromatic nitrogens is 2. The highest BCUT2D eigenvalue weighted by Gasteiger charge is 2.03. The van der Waals surface area contributed by atoms with Crippen LogP contribution in [-0.4, -0.2) is 16.5 Å². The van der Waals surface area contributed by atoms with E-state index in [-0.39, 0.29) is 0 Å². The fourth-order valence-corrected chi connectivity index (χ4v) is 1.57. The number of rotatable bonds is 4. The van der Waals surface area contributed by atoms with E-state index in [4.69, 9.17) is 5.73 Å². The van der Waals surface area contributed by atoms with Crippen LogP contribution in [0.4, 0.5) is 11.8 Å². The van der Waals surface area contributed by atoms with Crippen molar-refractivity contribution in [1.82, 2.24) is 9.97 Å². The molecule has 4 nitrogen and oxygen atoms in total. The summed E-state index contributed by atoms with van der Waals surface area (Å²) < 4.78 is 0. The third-order valence-corrected chi connectivity index (χ3v) is 2.37. The zero-order valence-corrected chi connectivity index (χ0v) is 9.85. The summed E-state index contributed by atoms with van der Waals surface area (Å²) >= 11 is 0. The third-order valence-electron chi connectivity index (χ3n) is 2.37. The molecule has 1 heterocycles. The van der Waals surface area contributed by atoms with Gasteiger partial charge in [-0.05, 0) is 6.42 Å². The zero-order valence-electron chi connectivity index (χ0n) is 9.85. The molecule has 0 bridgehead atoms. The Balaban J connectivity index is 2.32. The molecule has 88 valence electrons. The van der Waals surface area contributed by atoms with E-state index in [2.05, 4.69) is 22.2 Å². The Morgan fingerprint density at radius 3 is 2.65 bits per heavy atom. The van der Waals surface area contributed by atoms with Gasteiger partial charge in [0, 0.05) is 18.2 Å². The molecule has 0 amide bonds. The lowest BCUT2D eigenvalue weighted by Gasteiger charge is -2.07. The maximum atomic E-state index is 5.71. The van der Waals surface area contributed by atoms with Crippen LogP contribution in [0.1, 0.15) is 13.3 Å². The van der Waals surface area contributed by atoms with Gasteiger partial charge in [0.25, 0.3) is 0 Å². The molecule has 0 saturated carbocycles. The van der Waals surface area contributed by atoms with Crippen molar-refractivity contribution in [2.45, 2.75) is 13.3 Å². The van der Waals surface area contributed by atoms with Gasteiger partial charge in [-0.25, -0.2) is 4.98 Å². The first-order valence-electron chi connectivity index (χ1n) is 5.73. The van der Waals surface area contributed by atoms with Crippen molar-refractivity contribution in [2.75, 3.05) is 17.6 Å². The molecular weight excluding hydrogens is 212 g/mol. The summed E-state index contributed by atoms with van der Waals surface area (Å²) in [5.74, 6) is 1.07. The van der Waals surface area contributed by atoms with E-state index in [0.29, 0.717) is 5.95 Å². The lowest BCUT2D eigenvalue weighted by Crippen LogP contribution is -2.05. The second-order valence-corrected chi connectivity index (χ2v) is 3.79. The van der Waals surface area contributed by atoms with Crippen LogP contribution < -0.4 is 11.1 Å². The summed E-state index contributed by atoms with van der Waals surface area (Å²) in [5.41, 5.74) is 7.59. The summed E-state index contributed by atoms with van der Waals surface area (Å²) in [5, 5.41) is 3.21. The minimum atomic E-state index is 0.296. The van der Waals surface area contributed by atoms with Gasteiger partial charge in [0.2, 0.25) is 5.95 Å². The summed E-state index contributed by atoms with van der Waals surface area (Å²) in [6.45, 7) is 2.99. The largest absolute Gasteiger partial charge is 0.370 e. The smallest absolute Gasteiger partial charge is 0.222 e. The maximum absolute atomic E-state index is 5.71. The number of nitrogens with two attached hydrogens (primary N) is 1. The van der Waals surface area contributed by atoms with E-state index in [9.17, 15) is 0 Å². The van der Waals surface area contributed by atoms with Crippen LogP contribution in [0.25, 0.3) is 11.3 Å². The number of hydrogen-bond acceptors (Lipinski definition) is 4. The van der Waals surface area contributed by atoms with Gasteiger partial charge in [-0.15, -0.1) is 0 Å². The van der Waals surface area contributed by atoms with Gasteiger partial charge in [0.15, 0.2) is 0 Å². The lowest BCUT2D eigenvalue weighted by atomic mass is 10.1. The second kappa shape index (κ2) is 5.30. The summed E-state index contributed by atoms with van der Waals surface area (Å²) in [4.78, 5) is 8.39. The van der Waals surface area contributed by atoms with Crippen molar-refractivity contribution in [2.24, 2.45) is 0 Å². The molecule has 4 heteroatoms. The van der Waals surface area contributed by atoms with Gasteiger partial charge in [-0.3, -0.25) is 0 Å². The van der Waals surface area contributed by atoms with Crippen molar-refractivity contribution in [3.8, 4) is 11.3 Å². The van der Waals surface area contributed by atoms with E-state index in [1.807, 2.05) is 36.4 Å². The average Bonchev–Trinajstić information content (AvgIpc) is 2.37. The fourth-order valence-electron chi connectivity index (χ4n) is 1.57. The van der Waals surface area contributed by atoms with Crippen molar-refractivity contribution in [3.63, 3.8) is 0 Å². The van der Waals surface area contributed by atoms with Crippen LogP contribution in [-0.2, 0) is 0 Å². The van der Waals surface area contributed by atoms with Gasteiger partial charge < -0.3 is 11.1 Å². The highest BCUT2D eigenvalue weighted by Crippen LogP contribution is 2.20. The standard InChI is InChI=1S/C13H16N4/c1-2-8-15-12-9-11(16-13(14)17-12)10-6-4-3-5-7-10/h3-7,9H,2,8H2,1H3,(H3,14,15,16,17). The number of nitrogens with one attached hydrogen (secondary N) is 1. The maximum Gasteiger partial charge on any atom is 0.222 e. The van der Waals surface area contributed by atoms with Crippen LogP contribution in [0, 0.1) is 0 Å². The molecule has 1 aromatic heterocycles. The monoisotopic (exact) mass is 228 g/mol. The van der Waals surface area contributed by atoms with Crippen molar-refractivity contribution < 1.29 is 0 Å². The molecule has 0 aliphatic heterocycles. The first kappa shape index (κ1) is 11.4. The van der Waals surface area contributed by atoms with Gasteiger partial charge in [0.05, 0.1) is 5.69 Å². The molecule has 0 spiro atoms. The van der Waals surface area contributed by atoms with Crippen molar-refractivity contribution >= 4 is 11.8 Å². The number of hydrogen-bond donors (Lipinski definition) is 2. The quantitative estimate of drug-likeness (QED) is 0.844. The SMILES string of the molecule is CCCNc1cc(-c2ccccc2)nc(N)n1.